The van der Waals surface area contributed by atoms with Crippen molar-refractivity contribution in [2.24, 2.45) is 5.73 Å². The van der Waals surface area contributed by atoms with E-state index in [1.54, 1.807) is 53.7 Å². The summed E-state index contributed by atoms with van der Waals surface area (Å²) in [5, 5.41) is 5.17. The van der Waals surface area contributed by atoms with Crippen molar-refractivity contribution in [1.82, 2.24) is 10.6 Å². The summed E-state index contributed by atoms with van der Waals surface area (Å²) in [5.74, 6) is -0.349. The standard InChI is InChI=1S/C26H35N3O5/c1-17(2)22(29-25(32)34-26(5,6)7)14-13-18(3)23(30)21(19(4)27)15-28-24(31)33-16-20-11-9-8-10-12-20/h8-14H,1,15-16,27H2,2-7H3,(H,28,31)(H,29,32)/b18-13+,21-19-,22-14+. The van der Waals surface area contributed by atoms with Crippen LogP contribution in [0.25, 0.3) is 0 Å². The van der Waals surface area contributed by atoms with E-state index < -0.39 is 17.8 Å². The summed E-state index contributed by atoms with van der Waals surface area (Å²) in [6.07, 6.45) is 1.81. The molecule has 0 unspecified atom stereocenters. The van der Waals surface area contributed by atoms with Crippen LogP contribution < -0.4 is 16.4 Å². The van der Waals surface area contributed by atoms with Crippen LogP contribution in [0, 0.1) is 0 Å². The maximum atomic E-state index is 12.9. The average Bonchev–Trinajstić information content (AvgIpc) is 2.73. The Kier molecular flexibility index (Phi) is 10.8. The third-order valence-electron chi connectivity index (χ3n) is 4.33. The Morgan fingerprint density at radius 1 is 1.03 bits per heavy atom. The fraction of sp³-hybridized carbons (Fsp3) is 0.346. The van der Waals surface area contributed by atoms with E-state index in [9.17, 15) is 14.4 Å². The molecule has 0 bridgehead atoms. The molecule has 1 aromatic carbocycles. The molecular formula is C26H35N3O5. The number of amides is 2. The van der Waals surface area contributed by atoms with Crippen LogP contribution in [-0.4, -0.2) is 30.1 Å². The van der Waals surface area contributed by atoms with E-state index in [0.29, 0.717) is 16.8 Å². The number of Topliss-reactive ketones (excluding diaryl/α,β-unsaturated/α-hetero) is 1. The fourth-order valence-electron chi connectivity index (χ4n) is 2.56. The van der Waals surface area contributed by atoms with Crippen LogP contribution in [0.1, 0.15) is 47.1 Å². The van der Waals surface area contributed by atoms with Crippen LogP contribution in [-0.2, 0) is 20.9 Å². The molecule has 34 heavy (non-hydrogen) atoms. The number of ketones is 1. The highest BCUT2D eigenvalue weighted by atomic mass is 16.6. The van der Waals surface area contributed by atoms with Gasteiger partial charge in [-0.1, -0.05) is 43.0 Å². The largest absolute Gasteiger partial charge is 0.445 e. The summed E-state index contributed by atoms with van der Waals surface area (Å²) >= 11 is 0. The summed E-state index contributed by atoms with van der Waals surface area (Å²) < 4.78 is 10.4. The molecule has 0 aliphatic carbocycles. The van der Waals surface area contributed by atoms with Crippen LogP contribution in [0.2, 0.25) is 0 Å². The van der Waals surface area contributed by atoms with Gasteiger partial charge in [0.15, 0.2) is 5.78 Å². The molecule has 0 atom stereocenters. The van der Waals surface area contributed by atoms with Gasteiger partial charge in [0.2, 0.25) is 0 Å². The number of rotatable bonds is 9. The summed E-state index contributed by atoms with van der Waals surface area (Å²) in [6, 6.07) is 9.24. The fourth-order valence-corrected chi connectivity index (χ4v) is 2.56. The molecule has 0 spiro atoms. The first kappa shape index (κ1) is 28.2. The molecule has 0 radical (unpaired) electrons. The van der Waals surface area contributed by atoms with E-state index in [-0.39, 0.29) is 30.2 Å². The molecule has 4 N–H and O–H groups in total. The number of carbonyl (C=O) groups excluding carboxylic acids is 3. The van der Waals surface area contributed by atoms with E-state index in [0.717, 1.165) is 5.56 Å². The van der Waals surface area contributed by atoms with Crippen molar-refractivity contribution < 1.29 is 23.9 Å². The van der Waals surface area contributed by atoms with Crippen molar-refractivity contribution >= 4 is 18.0 Å². The van der Waals surface area contributed by atoms with Gasteiger partial charge in [0, 0.05) is 17.0 Å². The van der Waals surface area contributed by atoms with E-state index in [4.69, 9.17) is 15.2 Å². The van der Waals surface area contributed by atoms with Crippen LogP contribution in [0.4, 0.5) is 9.59 Å². The van der Waals surface area contributed by atoms with Gasteiger partial charge in [0.1, 0.15) is 12.2 Å². The summed E-state index contributed by atoms with van der Waals surface area (Å²) in [5.41, 5.74) is 7.92. The molecule has 8 nitrogen and oxygen atoms in total. The highest BCUT2D eigenvalue weighted by molar-refractivity contribution is 6.08. The minimum Gasteiger partial charge on any atom is -0.445 e. The van der Waals surface area contributed by atoms with Gasteiger partial charge >= 0.3 is 12.2 Å². The Morgan fingerprint density at radius 2 is 1.65 bits per heavy atom. The number of benzene rings is 1. The molecule has 1 aromatic rings. The zero-order valence-electron chi connectivity index (χ0n) is 20.8. The second-order valence-electron chi connectivity index (χ2n) is 8.74. The van der Waals surface area contributed by atoms with Crippen molar-refractivity contribution in [2.75, 3.05) is 6.54 Å². The van der Waals surface area contributed by atoms with E-state index >= 15 is 0 Å². The molecular weight excluding hydrogens is 434 g/mol. The lowest BCUT2D eigenvalue weighted by Gasteiger charge is -2.20. The zero-order valence-corrected chi connectivity index (χ0v) is 20.8. The Hall–Kier alpha value is -3.81. The molecule has 0 heterocycles. The summed E-state index contributed by atoms with van der Waals surface area (Å²) in [6.45, 7) is 14.0. The number of carbonyl (C=O) groups is 3. The van der Waals surface area contributed by atoms with Crippen molar-refractivity contribution in [2.45, 2.75) is 53.8 Å². The van der Waals surface area contributed by atoms with E-state index in [2.05, 4.69) is 17.2 Å². The molecule has 2 amide bonds. The summed E-state index contributed by atoms with van der Waals surface area (Å²) in [7, 11) is 0. The number of nitrogens with two attached hydrogens (primary N) is 1. The van der Waals surface area contributed by atoms with Crippen molar-refractivity contribution in [1.29, 1.82) is 0 Å². The number of alkyl carbamates (subject to hydrolysis) is 2. The normalized spacial score (nSPS) is 12.9. The first-order valence-electron chi connectivity index (χ1n) is 10.8. The quantitative estimate of drug-likeness (QED) is 0.358. The Morgan fingerprint density at radius 3 is 2.18 bits per heavy atom. The molecule has 8 heteroatoms. The van der Waals surface area contributed by atoms with Gasteiger partial charge < -0.3 is 20.5 Å². The van der Waals surface area contributed by atoms with Crippen LogP contribution >= 0.6 is 0 Å². The third kappa shape index (κ3) is 10.7. The number of hydrogen-bond donors (Lipinski definition) is 3. The molecule has 184 valence electrons. The number of hydrogen-bond acceptors (Lipinski definition) is 6. The minimum atomic E-state index is -0.664. The number of ether oxygens (including phenoxy) is 2. The second-order valence-corrected chi connectivity index (χ2v) is 8.74. The van der Waals surface area contributed by atoms with Crippen molar-refractivity contribution in [3.05, 3.63) is 82.7 Å². The molecule has 0 aliphatic heterocycles. The second kappa shape index (κ2) is 13.0. The molecule has 0 saturated carbocycles. The monoisotopic (exact) mass is 469 g/mol. The lowest BCUT2D eigenvalue weighted by molar-refractivity contribution is -0.112. The maximum Gasteiger partial charge on any atom is 0.412 e. The Balaban J connectivity index is 2.82. The van der Waals surface area contributed by atoms with Gasteiger partial charge in [-0.2, -0.15) is 0 Å². The third-order valence-corrected chi connectivity index (χ3v) is 4.33. The SMILES string of the molecule is C=C(C)/C(=C\C=C(/C)C(=O)/C(CNC(=O)OCc1ccccc1)=C(/C)N)NC(=O)OC(C)(C)C. The van der Waals surface area contributed by atoms with Gasteiger partial charge in [0.25, 0.3) is 0 Å². The maximum absolute atomic E-state index is 12.9. The van der Waals surface area contributed by atoms with Crippen molar-refractivity contribution in [3.8, 4) is 0 Å². The van der Waals surface area contributed by atoms with E-state index in [1.165, 1.54) is 0 Å². The molecule has 0 fully saturated rings. The average molecular weight is 470 g/mol. The smallest absolute Gasteiger partial charge is 0.412 e. The predicted molar refractivity (Wildman–Crippen MR) is 133 cm³/mol. The highest BCUT2D eigenvalue weighted by Gasteiger charge is 2.18. The predicted octanol–water partition coefficient (Wildman–Crippen LogP) is 4.65. The van der Waals surface area contributed by atoms with Gasteiger partial charge in [-0.25, -0.2) is 9.59 Å². The van der Waals surface area contributed by atoms with Gasteiger partial charge in [-0.15, -0.1) is 0 Å². The van der Waals surface area contributed by atoms with Gasteiger partial charge in [-0.05, 0) is 64.3 Å². The Bertz CT molecular complexity index is 995. The Labute approximate surface area is 201 Å². The van der Waals surface area contributed by atoms with Gasteiger partial charge in [0.05, 0.1) is 6.54 Å². The van der Waals surface area contributed by atoms with Crippen molar-refractivity contribution in [3.63, 3.8) is 0 Å². The highest BCUT2D eigenvalue weighted by Crippen LogP contribution is 2.12. The molecule has 0 aromatic heterocycles. The lowest BCUT2D eigenvalue weighted by Crippen LogP contribution is -2.32. The van der Waals surface area contributed by atoms with E-state index in [1.807, 2.05) is 30.3 Å². The van der Waals surface area contributed by atoms with Crippen LogP contribution in [0.5, 0.6) is 0 Å². The summed E-state index contributed by atoms with van der Waals surface area (Å²) in [4.78, 5) is 37.0. The minimum absolute atomic E-state index is 0.0901. The lowest BCUT2D eigenvalue weighted by atomic mass is 10.0. The first-order chi connectivity index (χ1) is 15.8. The van der Waals surface area contributed by atoms with Crippen LogP contribution in [0.15, 0.2) is 77.2 Å². The molecule has 1 rings (SSSR count). The van der Waals surface area contributed by atoms with Gasteiger partial charge in [-0.3, -0.25) is 10.1 Å². The zero-order chi connectivity index (χ0) is 25.9. The molecule has 0 aliphatic rings. The topological polar surface area (TPSA) is 120 Å². The van der Waals surface area contributed by atoms with Crippen LogP contribution in [0.3, 0.4) is 0 Å². The molecule has 0 saturated heterocycles. The number of allylic oxidation sites excluding steroid dienone is 5. The number of nitrogens with one attached hydrogen (secondary N) is 2. The first-order valence-corrected chi connectivity index (χ1v) is 10.8.